The molecule has 1 saturated heterocycles. The Labute approximate surface area is 116 Å². The molecular weight excluding hydrogens is 260 g/mol. The Hall–Kier alpha value is -2.50. The third-order valence-electron chi connectivity index (χ3n) is 2.60. The van der Waals surface area contributed by atoms with Gasteiger partial charge in [0.05, 0.1) is 13.2 Å². The number of carbonyl (C=O) groups excluding carboxylic acids is 2. The molecule has 1 aliphatic rings. The molecule has 3 amide bonds. The molecular formula is C14H16N2O4. The van der Waals surface area contributed by atoms with Crippen LogP contribution in [0.3, 0.4) is 0 Å². The lowest BCUT2D eigenvalue weighted by Gasteiger charge is -2.11. The van der Waals surface area contributed by atoms with E-state index in [-0.39, 0.29) is 5.70 Å². The topological polar surface area (TPSA) is 76.7 Å². The Kier molecular flexibility index (Phi) is 4.24. The number of nitrogens with one attached hydrogen (secondary N) is 2. The zero-order valence-corrected chi connectivity index (χ0v) is 11.4. The minimum absolute atomic E-state index is 0.210. The summed E-state index contributed by atoms with van der Waals surface area (Å²) in [5.74, 6) is 0.812. The maximum absolute atomic E-state index is 11.5. The molecule has 2 rings (SSSR count). The van der Waals surface area contributed by atoms with Crippen LogP contribution in [0.25, 0.3) is 6.08 Å². The lowest BCUT2D eigenvalue weighted by atomic mass is 10.1. The standard InChI is InChI=1S/C14H16N2O4/c1-3-19-11-6-5-9(8-12(11)20-4-2)7-10-13(17)16-14(18)15-10/h5-8H,3-4H2,1-2H3,(H2,15,16,17,18)/b10-7+. The Balaban J connectivity index is 2.29. The van der Waals surface area contributed by atoms with Gasteiger partial charge in [-0.2, -0.15) is 0 Å². The molecule has 0 spiro atoms. The molecule has 20 heavy (non-hydrogen) atoms. The zero-order chi connectivity index (χ0) is 14.5. The van der Waals surface area contributed by atoms with Crippen molar-refractivity contribution in [3.63, 3.8) is 0 Å². The van der Waals surface area contributed by atoms with Crippen molar-refractivity contribution in [2.75, 3.05) is 13.2 Å². The van der Waals surface area contributed by atoms with Gasteiger partial charge in [0.25, 0.3) is 5.91 Å². The number of hydrogen-bond donors (Lipinski definition) is 2. The molecule has 0 aliphatic carbocycles. The van der Waals surface area contributed by atoms with Crippen molar-refractivity contribution in [2.45, 2.75) is 13.8 Å². The first-order chi connectivity index (χ1) is 9.63. The van der Waals surface area contributed by atoms with E-state index in [1.807, 2.05) is 13.8 Å². The maximum atomic E-state index is 11.5. The SMILES string of the molecule is CCOc1ccc(/C=C2/NC(=O)NC2=O)cc1OCC. The highest BCUT2D eigenvalue weighted by Gasteiger charge is 2.22. The number of urea groups is 1. The monoisotopic (exact) mass is 276 g/mol. The van der Waals surface area contributed by atoms with Gasteiger partial charge in [0.1, 0.15) is 5.70 Å². The number of rotatable bonds is 5. The second-order valence-electron chi connectivity index (χ2n) is 4.04. The highest BCUT2D eigenvalue weighted by atomic mass is 16.5. The van der Waals surface area contributed by atoms with Gasteiger partial charge >= 0.3 is 6.03 Å². The van der Waals surface area contributed by atoms with E-state index < -0.39 is 11.9 Å². The Bertz CT molecular complexity index is 566. The van der Waals surface area contributed by atoms with Crippen LogP contribution >= 0.6 is 0 Å². The highest BCUT2D eigenvalue weighted by molar-refractivity contribution is 6.13. The second-order valence-corrected chi connectivity index (χ2v) is 4.04. The van der Waals surface area contributed by atoms with E-state index in [0.29, 0.717) is 24.7 Å². The van der Waals surface area contributed by atoms with Gasteiger partial charge in [-0.3, -0.25) is 10.1 Å². The molecule has 0 saturated carbocycles. The molecule has 0 bridgehead atoms. The van der Waals surface area contributed by atoms with Crippen LogP contribution in [0.4, 0.5) is 4.79 Å². The molecule has 6 nitrogen and oxygen atoms in total. The molecule has 0 aromatic heterocycles. The first-order valence-corrected chi connectivity index (χ1v) is 6.37. The Morgan fingerprint density at radius 1 is 1.05 bits per heavy atom. The van der Waals surface area contributed by atoms with E-state index in [4.69, 9.17) is 9.47 Å². The molecule has 1 aliphatic heterocycles. The third-order valence-corrected chi connectivity index (χ3v) is 2.60. The normalized spacial score (nSPS) is 16.0. The fourth-order valence-electron chi connectivity index (χ4n) is 1.81. The first-order valence-electron chi connectivity index (χ1n) is 6.37. The number of carbonyl (C=O) groups is 2. The predicted octanol–water partition coefficient (Wildman–Crippen LogP) is 1.66. The van der Waals surface area contributed by atoms with Crippen molar-refractivity contribution in [3.8, 4) is 11.5 Å². The first kappa shape index (κ1) is 13.9. The largest absolute Gasteiger partial charge is 0.490 e. The van der Waals surface area contributed by atoms with Gasteiger partial charge in [-0.15, -0.1) is 0 Å². The summed E-state index contributed by atoms with van der Waals surface area (Å²) in [7, 11) is 0. The molecule has 1 heterocycles. The maximum Gasteiger partial charge on any atom is 0.326 e. The summed E-state index contributed by atoms with van der Waals surface area (Å²) >= 11 is 0. The summed E-state index contributed by atoms with van der Waals surface area (Å²) in [6.07, 6.45) is 1.58. The lowest BCUT2D eigenvalue weighted by molar-refractivity contribution is -0.115. The van der Waals surface area contributed by atoms with Gasteiger partial charge in [-0.1, -0.05) is 6.07 Å². The average Bonchev–Trinajstić information content (AvgIpc) is 2.71. The summed E-state index contributed by atoms with van der Waals surface area (Å²) in [6, 6.07) is 4.81. The van der Waals surface area contributed by atoms with Crippen LogP contribution in [0.1, 0.15) is 19.4 Å². The number of ether oxygens (including phenoxy) is 2. The molecule has 2 N–H and O–H groups in total. The van der Waals surface area contributed by atoms with Crippen LogP contribution in [0, 0.1) is 0 Å². The summed E-state index contributed by atoms with van der Waals surface area (Å²) in [4.78, 5) is 22.5. The van der Waals surface area contributed by atoms with Crippen LogP contribution in [-0.4, -0.2) is 25.2 Å². The Morgan fingerprint density at radius 3 is 2.35 bits per heavy atom. The van der Waals surface area contributed by atoms with Crippen molar-refractivity contribution < 1.29 is 19.1 Å². The molecule has 1 aromatic rings. The minimum Gasteiger partial charge on any atom is -0.490 e. The van der Waals surface area contributed by atoms with E-state index in [1.54, 1.807) is 24.3 Å². The minimum atomic E-state index is -0.516. The molecule has 0 radical (unpaired) electrons. The van der Waals surface area contributed by atoms with Crippen LogP contribution in [-0.2, 0) is 4.79 Å². The van der Waals surface area contributed by atoms with Gasteiger partial charge in [-0.25, -0.2) is 4.79 Å². The van der Waals surface area contributed by atoms with Crippen molar-refractivity contribution >= 4 is 18.0 Å². The molecule has 1 aromatic carbocycles. The predicted molar refractivity (Wildman–Crippen MR) is 73.4 cm³/mol. The highest BCUT2D eigenvalue weighted by Crippen LogP contribution is 2.29. The van der Waals surface area contributed by atoms with Crippen LogP contribution in [0.2, 0.25) is 0 Å². The van der Waals surface area contributed by atoms with Crippen LogP contribution in [0.5, 0.6) is 11.5 Å². The van der Waals surface area contributed by atoms with Crippen LogP contribution in [0.15, 0.2) is 23.9 Å². The fraction of sp³-hybridized carbons (Fsp3) is 0.286. The van der Waals surface area contributed by atoms with Gasteiger partial charge in [0, 0.05) is 0 Å². The molecule has 0 atom stereocenters. The van der Waals surface area contributed by atoms with Gasteiger partial charge in [-0.05, 0) is 37.6 Å². The van der Waals surface area contributed by atoms with Crippen LogP contribution < -0.4 is 20.1 Å². The summed E-state index contributed by atoms with van der Waals surface area (Å²) in [6.45, 7) is 4.83. The number of amides is 3. The van der Waals surface area contributed by atoms with Crippen molar-refractivity contribution in [3.05, 3.63) is 29.5 Å². The van der Waals surface area contributed by atoms with E-state index >= 15 is 0 Å². The molecule has 0 unspecified atom stereocenters. The molecule has 1 fully saturated rings. The Morgan fingerprint density at radius 2 is 1.75 bits per heavy atom. The summed E-state index contributed by atoms with van der Waals surface area (Å²) in [5.41, 5.74) is 0.950. The lowest BCUT2D eigenvalue weighted by Crippen LogP contribution is -2.22. The van der Waals surface area contributed by atoms with E-state index in [1.165, 1.54) is 0 Å². The number of benzene rings is 1. The summed E-state index contributed by atoms with van der Waals surface area (Å²) < 4.78 is 11.0. The van der Waals surface area contributed by atoms with Crippen molar-refractivity contribution in [1.82, 2.24) is 10.6 Å². The van der Waals surface area contributed by atoms with Gasteiger partial charge in [0.2, 0.25) is 0 Å². The third kappa shape index (κ3) is 3.09. The van der Waals surface area contributed by atoms with E-state index in [9.17, 15) is 9.59 Å². The second kappa shape index (κ2) is 6.10. The van der Waals surface area contributed by atoms with Crippen molar-refractivity contribution in [1.29, 1.82) is 0 Å². The van der Waals surface area contributed by atoms with E-state index in [0.717, 1.165) is 5.56 Å². The fourth-order valence-corrected chi connectivity index (χ4v) is 1.81. The number of imide groups is 1. The van der Waals surface area contributed by atoms with E-state index in [2.05, 4.69) is 10.6 Å². The number of hydrogen-bond acceptors (Lipinski definition) is 4. The molecule has 106 valence electrons. The smallest absolute Gasteiger partial charge is 0.326 e. The van der Waals surface area contributed by atoms with Gasteiger partial charge < -0.3 is 14.8 Å². The van der Waals surface area contributed by atoms with Crippen molar-refractivity contribution in [2.24, 2.45) is 0 Å². The quantitative estimate of drug-likeness (QED) is 0.633. The summed E-state index contributed by atoms with van der Waals surface area (Å²) in [5, 5.41) is 4.58. The van der Waals surface area contributed by atoms with Gasteiger partial charge in [0.15, 0.2) is 11.5 Å². The zero-order valence-electron chi connectivity index (χ0n) is 11.4. The molecule has 6 heteroatoms. The average molecular weight is 276 g/mol.